The summed E-state index contributed by atoms with van der Waals surface area (Å²) in [7, 11) is 0. The first kappa shape index (κ1) is 14.4. The third-order valence-corrected chi connectivity index (χ3v) is 4.69. The quantitative estimate of drug-likeness (QED) is 0.791. The van der Waals surface area contributed by atoms with Crippen LogP contribution in [0.4, 0.5) is 11.4 Å². The third-order valence-electron chi connectivity index (χ3n) is 4.69. The lowest BCUT2D eigenvalue weighted by Crippen LogP contribution is -2.44. The van der Waals surface area contributed by atoms with E-state index in [2.05, 4.69) is 10.2 Å². The van der Waals surface area contributed by atoms with Crippen molar-refractivity contribution >= 4 is 17.3 Å². The molecule has 0 aromatic heterocycles. The fraction of sp³-hybridized carbons (Fsp3) is 0.588. The molecule has 0 saturated heterocycles. The Bertz CT molecular complexity index is 535. The fourth-order valence-electron chi connectivity index (χ4n) is 2.80. The molecule has 2 aliphatic carbocycles. The maximum absolute atomic E-state index is 12.6. The minimum absolute atomic E-state index is 0.0704. The molecule has 4 heteroatoms. The lowest BCUT2D eigenvalue weighted by Gasteiger charge is -2.28. The van der Waals surface area contributed by atoms with Crippen LogP contribution in [0.2, 0.25) is 0 Å². The molecule has 0 heterocycles. The molecule has 1 aromatic carbocycles. The Morgan fingerprint density at radius 2 is 2.10 bits per heavy atom. The summed E-state index contributed by atoms with van der Waals surface area (Å²) in [5.74, 6) is 0.895. The van der Waals surface area contributed by atoms with Crippen LogP contribution in [0.25, 0.3) is 0 Å². The van der Waals surface area contributed by atoms with Gasteiger partial charge >= 0.3 is 0 Å². The van der Waals surface area contributed by atoms with E-state index in [0.29, 0.717) is 6.04 Å². The normalized spacial score (nSPS) is 19.6. The highest BCUT2D eigenvalue weighted by atomic mass is 16.2. The summed E-state index contributed by atoms with van der Waals surface area (Å²) in [4.78, 5) is 15.0. The monoisotopic (exact) mass is 287 g/mol. The van der Waals surface area contributed by atoms with Gasteiger partial charge in [0.1, 0.15) is 0 Å². The van der Waals surface area contributed by atoms with Gasteiger partial charge in [-0.25, -0.2) is 0 Å². The molecule has 1 atom stereocenters. The number of benzene rings is 1. The molecule has 2 saturated carbocycles. The first-order valence-corrected chi connectivity index (χ1v) is 7.98. The number of hydrogen-bond acceptors (Lipinski definition) is 3. The van der Waals surface area contributed by atoms with E-state index >= 15 is 0 Å². The van der Waals surface area contributed by atoms with Crippen LogP contribution in [-0.4, -0.2) is 29.4 Å². The van der Waals surface area contributed by atoms with Gasteiger partial charge in [-0.15, -0.1) is 0 Å². The summed E-state index contributed by atoms with van der Waals surface area (Å²) in [6, 6.07) is 6.20. The van der Waals surface area contributed by atoms with E-state index in [1.54, 1.807) is 0 Å². The lowest BCUT2D eigenvalue weighted by atomic mass is 10.1. The molecule has 0 aliphatic heterocycles. The number of nitrogens with one attached hydrogen (secondary N) is 1. The number of carbonyl (C=O) groups excluding carboxylic acids is 1. The molecule has 0 spiro atoms. The number of amides is 1. The molecule has 3 N–H and O–H groups in total. The van der Waals surface area contributed by atoms with Gasteiger partial charge < -0.3 is 11.1 Å². The highest BCUT2D eigenvalue weighted by Crippen LogP contribution is 2.36. The Kier molecular flexibility index (Phi) is 3.89. The molecule has 1 amide bonds. The van der Waals surface area contributed by atoms with Gasteiger partial charge in [-0.05, 0) is 63.1 Å². The predicted octanol–water partition coefficient (Wildman–Crippen LogP) is 2.78. The summed E-state index contributed by atoms with van der Waals surface area (Å²) in [5, 5.41) is 3.05. The van der Waals surface area contributed by atoms with Crippen molar-refractivity contribution in [2.24, 2.45) is 5.92 Å². The van der Waals surface area contributed by atoms with Crippen molar-refractivity contribution in [3.8, 4) is 0 Å². The lowest BCUT2D eigenvalue weighted by molar-refractivity contribution is -0.121. The Hall–Kier alpha value is -1.55. The largest absolute Gasteiger partial charge is 0.398 e. The molecule has 0 bridgehead atoms. The van der Waals surface area contributed by atoms with Crippen LogP contribution in [0.3, 0.4) is 0 Å². The van der Waals surface area contributed by atoms with Crippen LogP contribution >= 0.6 is 0 Å². The first-order valence-electron chi connectivity index (χ1n) is 7.98. The van der Waals surface area contributed by atoms with Crippen molar-refractivity contribution in [2.45, 2.75) is 51.6 Å². The molecule has 114 valence electrons. The molecule has 3 rings (SSSR count). The number of hydrogen-bond donors (Lipinski definition) is 2. The summed E-state index contributed by atoms with van der Waals surface area (Å²) in [6.07, 6.45) is 5.13. The van der Waals surface area contributed by atoms with Crippen molar-refractivity contribution in [3.63, 3.8) is 0 Å². The molecule has 0 radical (unpaired) electrons. The van der Waals surface area contributed by atoms with Crippen LogP contribution in [0.15, 0.2) is 18.2 Å². The van der Waals surface area contributed by atoms with E-state index in [-0.39, 0.29) is 11.9 Å². The molecule has 1 unspecified atom stereocenters. The Labute approximate surface area is 126 Å². The van der Waals surface area contributed by atoms with Crippen molar-refractivity contribution < 1.29 is 4.79 Å². The number of nitrogens with two attached hydrogens (primary N) is 1. The van der Waals surface area contributed by atoms with Gasteiger partial charge in [0, 0.05) is 24.0 Å². The smallest absolute Gasteiger partial charge is 0.241 e. The topological polar surface area (TPSA) is 58.4 Å². The van der Waals surface area contributed by atoms with Gasteiger partial charge in [0.25, 0.3) is 0 Å². The summed E-state index contributed by atoms with van der Waals surface area (Å²) >= 11 is 0. The third kappa shape index (κ3) is 3.38. The minimum atomic E-state index is -0.0704. The maximum atomic E-state index is 12.6. The summed E-state index contributed by atoms with van der Waals surface area (Å²) in [6.45, 7) is 5.05. The van der Waals surface area contributed by atoms with Crippen molar-refractivity contribution in [1.29, 1.82) is 0 Å². The second-order valence-corrected chi connectivity index (χ2v) is 6.56. The molecule has 4 nitrogen and oxygen atoms in total. The number of nitrogens with zero attached hydrogens (tertiary/aromatic N) is 1. The number of rotatable bonds is 6. The van der Waals surface area contributed by atoms with Crippen LogP contribution in [-0.2, 0) is 4.79 Å². The predicted molar refractivity (Wildman–Crippen MR) is 86.1 cm³/mol. The Morgan fingerprint density at radius 1 is 1.38 bits per heavy atom. The molecule has 2 aliphatic rings. The molecule has 21 heavy (non-hydrogen) atoms. The van der Waals surface area contributed by atoms with E-state index in [1.807, 2.05) is 32.0 Å². The second kappa shape index (κ2) is 5.68. The molecule has 1 aromatic rings. The zero-order chi connectivity index (χ0) is 15.0. The summed E-state index contributed by atoms with van der Waals surface area (Å²) in [5.41, 5.74) is 8.39. The highest BCUT2D eigenvalue weighted by Gasteiger charge is 2.38. The molecular formula is C17H25N3O. The zero-order valence-corrected chi connectivity index (χ0v) is 12.9. The molecular weight excluding hydrogens is 262 g/mol. The standard InChI is InChI=1S/C17H25N3O/c1-11-15(18)4-3-5-16(11)19-17(21)12(2)20(14-8-9-14)10-13-6-7-13/h3-5,12-14H,6-10,18H2,1-2H3,(H,19,21). The second-order valence-electron chi connectivity index (χ2n) is 6.56. The van der Waals surface area contributed by atoms with E-state index in [9.17, 15) is 4.79 Å². The fourth-order valence-corrected chi connectivity index (χ4v) is 2.80. The number of carbonyl (C=O) groups is 1. The van der Waals surface area contributed by atoms with Gasteiger partial charge in [-0.3, -0.25) is 9.69 Å². The van der Waals surface area contributed by atoms with E-state index < -0.39 is 0 Å². The van der Waals surface area contributed by atoms with Crippen molar-refractivity contribution in [3.05, 3.63) is 23.8 Å². The average molecular weight is 287 g/mol. The van der Waals surface area contributed by atoms with Crippen LogP contribution in [0.1, 0.15) is 38.2 Å². The van der Waals surface area contributed by atoms with Gasteiger partial charge in [0.05, 0.1) is 6.04 Å². The van der Waals surface area contributed by atoms with Crippen LogP contribution < -0.4 is 11.1 Å². The Morgan fingerprint density at radius 3 is 2.71 bits per heavy atom. The average Bonchev–Trinajstić information content (AvgIpc) is 3.33. The van der Waals surface area contributed by atoms with E-state index in [4.69, 9.17) is 5.73 Å². The van der Waals surface area contributed by atoms with Gasteiger partial charge in [-0.1, -0.05) is 6.07 Å². The Balaban J connectivity index is 1.66. The maximum Gasteiger partial charge on any atom is 0.241 e. The van der Waals surface area contributed by atoms with Gasteiger partial charge in [0.2, 0.25) is 5.91 Å². The number of anilines is 2. The minimum Gasteiger partial charge on any atom is -0.398 e. The van der Waals surface area contributed by atoms with Crippen LogP contribution in [0, 0.1) is 12.8 Å². The van der Waals surface area contributed by atoms with Gasteiger partial charge in [0.15, 0.2) is 0 Å². The van der Waals surface area contributed by atoms with Gasteiger partial charge in [-0.2, -0.15) is 0 Å². The summed E-state index contributed by atoms with van der Waals surface area (Å²) < 4.78 is 0. The van der Waals surface area contributed by atoms with Crippen LogP contribution in [0.5, 0.6) is 0 Å². The first-order chi connectivity index (χ1) is 10.1. The highest BCUT2D eigenvalue weighted by molar-refractivity contribution is 5.95. The zero-order valence-electron chi connectivity index (χ0n) is 12.9. The number of nitrogen functional groups attached to an aromatic ring is 1. The molecule has 2 fully saturated rings. The van der Waals surface area contributed by atoms with Crippen molar-refractivity contribution in [2.75, 3.05) is 17.6 Å². The SMILES string of the molecule is Cc1c(N)cccc1NC(=O)C(C)N(CC1CC1)C1CC1. The van der Waals surface area contributed by atoms with E-state index in [0.717, 1.165) is 29.4 Å². The van der Waals surface area contributed by atoms with Crippen molar-refractivity contribution in [1.82, 2.24) is 4.90 Å². The van der Waals surface area contributed by atoms with E-state index in [1.165, 1.54) is 25.7 Å².